The molecule has 0 unspecified atom stereocenters. The fraction of sp³-hybridized carbons (Fsp3) is 0.571. The molecule has 17 heavy (non-hydrogen) atoms. The van der Waals surface area contributed by atoms with Crippen molar-refractivity contribution in [1.29, 1.82) is 0 Å². The van der Waals surface area contributed by atoms with E-state index >= 15 is 0 Å². The fourth-order valence-corrected chi connectivity index (χ4v) is 2.30. The molecule has 0 saturated heterocycles. The molecule has 0 radical (unpaired) electrons. The molecule has 0 atom stereocenters. The smallest absolute Gasteiger partial charge is 0.0452 e. The van der Waals surface area contributed by atoms with Gasteiger partial charge in [-0.1, -0.05) is 24.9 Å². The number of rotatable bonds is 6. The number of halogens is 1. The number of anilines is 1. The first-order valence-electron chi connectivity index (χ1n) is 6.48. The van der Waals surface area contributed by atoms with Crippen molar-refractivity contribution in [3.63, 3.8) is 0 Å². The summed E-state index contributed by atoms with van der Waals surface area (Å²) in [4.78, 5) is 2.55. The summed E-state index contributed by atoms with van der Waals surface area (Å²) in [5.74, 6) is 0. The maximum absolute atomic E-state index is 6.22. The minimum absolute atomic E-state index is 0.777. The number of nitrogen functional groups attached to an aromatic ring is 1. The van der Waals surface area contributed by atoms with Crippen molar-refractivity contribution in [2.45, 2.75) is 45.2 Å². The Bertz CT molecular complexity index is 374. The van der Waals surface area contributed by atoms with E-state index in [1.165, 1.54) is 32.2 Å². The van der Waals surface area contributed by atoms with Gasteiger partial charge < -0.3 is 5.73 Å². The zero-order valence-electron chi connectivity index (χ0n) is 10.5. The summed E-state index contributed by atoms with van der Waals surface area (Å²) in [7, 11) is 0. The van der Waals surface area contributed by atoms with Crippen LogP contribution in [0, 0.1) is 0 Å². The van der Waals surface area contributed by atoms with Gasteiger partial charge in [-0.3, -0.25) is 4.90 Å². The maximum Gasteiger partial charge on any atom is 0.0452 e. The molecule has 0 spiro atoms. The van der Waals surface area contributed by atoms with Crippen LogP contribution in [-0.4, -0.2) is 17.5 Å². The summed E-state index contributed by atoms with van der Waals surface area (Å²) in [6.45, 7) is 4.35. The van der Waals surface area contributed by atoms with Crippen molar-refractivity contribution in [3.8, 4) is 0 Å². The van der Waals surface area contributed by atoms with Gasteiger partial charge in [0.25, 0.3) is 0 Å². The van der Waals surface area contributed by atoms with E-state index in [0.29, 0.717) is 0 Å². The number of hydrogen-bond donors (Lipinski definition) is 1. The molecule has 0 amide bonds. The predicted molar refractivity (Wildman–Crippen MR) is 74.2 cm³/mol. The van der Waals surface area contributed by atoms with Crippen LogP contribution in [0.2, 0.25) is 5.02 Å². The van der Waals surface area contributed by atoms with Crippen molar-refractivity contribution in [2.75, 3.05) is 12.3 Å². The molecule has 1 aromatic carbocycles. The molecule has 1 saturated carbocycles. The van der Waals surface area contributed by atoms with Gasteiger partial charge in [0.15, 0.2) is 0 Å². The van der Waals surface area contributed by atoms with Gasteiger partial charge in [0.05, 0.1) is 0 Å². The molecule has 0 aliphatic heterocycles. The second-order valence-electron chi connectivity index (χ2n) is 4.91. The van der Waals surface area contributed by atoms with Gasteiger partial charge >= 0.3 is 0 Å². The Morgan fingerprint density at radius 2 is 2.18 bits per heavy atom. The SMILES string of the molecule is CCCCN(Cc1cc(N)ccc1Cl)C1CC1. The first kappa shape index (κ1) is 12.7. The molecule has 2 nitrogen and oxygen atoms in total. The van der Waals surface area contributed by atoms with E-state index < -0.39 is 0 Å². The van der Waals surface area contributed by atoms with Gasteiger partial charge in [0.1, 0.15) is 0 Å². The van der Waals surface area contributed by atoms with Crippen LogP contribution in [0.5, 0.6) is 0 Å². The summed E-state index contributed by atoms with van der Waals surface area (Å²) in [5, 5.41) is 0.835. The Kier molecular flexibility index (Phi) is 4.30. The largest absolute Gasteiger partial charge is 0.399 e. The number of nitrogens with two attached hydrogens (primary N) is 1. The van der Waals surface area contributed by atoms with Crippen LogP contribution in [0.3, 0.4) is 0 Å². The van der Waals surface area contributed by atoms with Crippen LogP contribution < -0.4 is 5.73 Å². The van der Waals surface area contributed by atoms with Crippen LogP contribution in [0.1, 0.15) is 38.2 Å². The van der Waals surface area contributed by atoms with E-state index in [1.54, 1.807) is 0 Å². The van der Waals surface area contributed by atoms with E-state index in [2.05, 4.69) is 11.8 Å². The summed E-state index contributed by atoms with van der Waals surface area (Å²) in [5.41, 5.74) is 7.78. The third-order valence-corrected chi connectivity index (χ3v) is 3.67. The lowest BCUT2D eigenvalue weighted by atomic mass is 10.1. The van der Waals surface area contributed by atoms with E-state index in [0.717, 1.165) is 28.9 Å². The normalized spacial score (nSPS) is 15.5. The average Bonchev–Trinajstić information content (AvgIpc) is 3.13. The average molecular weight is 253 g/mol. The Morgan fingerprint density at radius 1 is 1.41 bits per heavy atom. The molecule has 0 bridgehead atoms. The van der Waals surface area contributed by atoms with Gasteiger partial charge in [0, 0.05) is 23.3 Å². The molecule has 3 heteroatoms. The van der Waals surface area contributed by atoms with E-state index in [1.807, 2.05) is 18.2 Å². The molecule has 0 aromatic heterocycles. The summed E-state index contributed by atoms with van der Waals surface area (Å²) >= 11 is 6.22. The highest BCUT2D eigenvalue weighted by Crippen LogP contribution is 2.30. The van der Waals surface area contributed by atoms with Crippen LogP contribution in [0.15, 0.2) is 18.2 Å². The van der Waals surface area contributed by atoms with Crippen molar-refractivity contribution < 1.29 is 0 Å². The molecule has 2 rings (SSSR count). The number of hydrogen-bond acceptors (Lipinski definition) is 2. The quantitative estimate of drug-likeness (QED) is 0.783. The van der Waals surface area contributed by atoms with Crippen molar-refractivity contribution in [1.82, 2.24) is 4.90 Å². The lowest BCUT2D eigenvalue weighted by Gasteiger charge is -2.22. The maximum atomic E-state index is 6.22. The molecular weight excluding hydrogens is 232 g/mol. The summed E-state index contributed by atoms with van der Waals surface area (Å²) in [6, 6.07) is 6.54. The standard InChI is InChI=1S/C14H21ClN2/c1-2-3-8-17(13-5-6-13)10-11-9-12(16)4-7-14(11)15/h4,7,9,13H,2-3,5-6,8,10,16H2,1H3. The van der Waals surface area contributed by atoms with Crippen LogP contribution in [0.4, 0.5) is 5.69 Å². The number of nitrogens with zero attached hydrogens (tertiary/aromatic N) is 1. The molecule has 1 fully saturated rings. The summed E-state index contributed by atoms with van der Waals surface area (Å²) in [6.07, 6.45) is 5.18. The molecule has 94 valence electrons. The fourth-order valence-electron chi connectivity index (χ4n) is 2.13. The monoisotopic (exact) mass is 252 g/mol. The molecule has 1 aliphatic carbocycles. The van der Waals surface area contributed by atoms with Crippen LogP contribution in [0.25, 0.3) is 0 Å². The van der Waals surface area contributed by atoms with Crippen molar-refractivity contribution >= 4 is 17.3 Å². The Hall–Kier alpha value is -0.730. The zero-order valence-corrected chi connectivity index (χ0v) is 11.2. The molecule has 2 N–H and O–H groups in total. The van der Waals surface area contributed by atoms with Gasteiger partial charge in [-0.05, 0) is 49.6 Å². The zero-order chi connectivity index (χ0) is 12.3. The minimum atomic E-state index is 0.777. The predicted octanol–water partition coefficient (Wildman–Crippen LogP) is 3.69. The van der Waals surface area contributed by atoms with Gasteiger partial charge in [-0.25, -0.2) is 0 Å². The summed E-state index contributed by atoms with van der Waals surface area (Å²) < 4.78 is 0. The number of benzene rings is 1. The minimum Gasteiger partial charge on any atom is -0.399 e. The van der Waals surface area contributed by atoms with Crippen LogP contribution in [-0.2, 0) is 6.54 Å². The third kappa shape index (κ3) is 3.62. The van der Waals surface area contributed by atoms with Crippen LogP contribution >= 0.6 is 11.6 Å². The Labute approximate surface area is 109 Å². The first-order valence-corrected chi connectivity index (χ1v) is 6.86. The highest BCUT2D eigenvalue weighted by Gasteiger charge is 2.28. The van der Waals surface area contributed by atoms with Crippen molar-refractivity contribution in [2.24, 2.45) is 0 Å². The topological polar surface area (TPSA) is 29.3 Å². The second-order valence-corrected chi connectivity index (χ2v) is 5.31. The number of unbranched alkanes of at least 4 members (excludes halogenated alkanes) is 1. The first-order chi connectivity index (χ1) is 8.20. The molecule has 1 aromatic rings. The van der Waals surface area contributed by atoms with E-state index in [9.17, 15) is 0 Å². The molecular formula is C14H21ClN2. The lowest BCUT2D eigenvalue weighted by molar-refractivity contribution is 0.251. The Balaban J connectivity index is 2.03. The van der Waals surface area contributed by atoms with Gasteiger partial charge in [-0.15, -0.1) is 0 Å². The van der Waals surface area contributed by atoms with Gasteiger partial charge in [-0.2, -0.15) is 0 Å². The van der Waals surface area contributed by atoms with E-state index in [4.69, 9.17) is 17.3 Å². The highest BCUT2D eigenvalue weighted by atomic mass is 35.5. The van der Waals surface area contributed by atoms with E-state index in [-0.39, 0.29) is 0 Å². The Morgan fingerprint density at radius 3 is 2.82 bits per heavy atom. The molecule has 1 aliphatic rings. The lowest BCUT2D eigenvalue weighted by Crippen LogP contribution is -2.26. The second kappa shape index (κ2) is 5.74. The van der Waals surface area contributed by atoms with Crippen molar-refractivity contribution in [3.05, 3.63) is 28.8 Å². The third-order valence-electron chi connectivity index (χ3n) is 3.31. The van der Waals surface area contributed by atoms with Gasteiger partial charge in [0.2, 0.25) is 0 Å². The highest BCUT2D eigenvalue weighted by molar-refractivity contribution is 6.31. The molecule has 0 heterocycles.